The molecular weight excluding hydrogens is 314 g/mol. The molecule has 25 heavy (non-hydrogen) atoms. The molecule has 3 saturated heterocycles. The molecule has 0 saturated carbocycles. The van der Waals surface area contributed by atoms with Crippen molar-refractivity contribution >= 4 is 11.6 Å². The first-order valence-electron chi connectivity index (χ1n) is 9.43. The molecule has 3 aliphatic heterocycles. The predicted molar refractivity (Wildman–Crippen MR) is 95.2 cm³/mol. The standard InChI is InChI=1S/C20H25N3O2/c21-13-15-5-7-17(8-6-15)23-10-1-4-18(20(23)24)22-11-9-19-16(14-22)3-2-12-25-19/h5-8,16,18-19H,1-4,9-12,14H2/t16-,18-,19-/m0/s1. The van der Waals surface area contributed by atoms with Crippen molar-refractivity contribution in [2.24, 2.45) is 5.92 Å². The third-order valence-electron chi connectivity index (χ3n) is 5.91. The molecule has 1 aromatic rings. The number of carbonyl (C=O) groups is 1. The van der Waals surface area contributed by atoms with Crippen LogP contribution < -0.4 is 4.90 Å². The van der Waals surface area contributed by atoms with Gasteiger partial charge in [0.05, 0.1) is 23.8 Å². The average molecular weight is 339 g/mol. The van der Waals surface area contributed by atoms with Crippen molar-refractivity contribution in [3.63, 3.8) is 0 Å². The Morgan fingerprint density at radius 1 is 1.08 bits per heavy atom. The lowest BCUT2D eigenvalue weighted by atomic mass is 9.87. The van der Waals surface area contributed by atoms with Crippen LogP contribution in [0, 0.1) is 17.2 Å². The molecule has 4 rings (SSSR count). The van der Waals surface area contributed by atoms with E-state index >= 15 is 0 Å². The number of rotatable bonds is 2. The summed E-state index contributed by atoms with van der Waals surface area (Å²) in [6.07, 6.45) is 5.79. The lowest BCUT2D eigenvalue weighted by molar-refractivity contribution is -0.129. The Balaban J connectivity index is 1.47. The van der Waals surface area contributed by atoms with Gasteiger partial charge in [0.15, 0.2) is 0 Å². The van der Waals surface area contributed by atoms with Crippen LogP contribution in [0.5, 0.6) is 0 Å². The second-order valence-electron chi connectivity index (χ2n) is 7.40. The second-order valence-corrected chi connectivity index (χ2v) is 7.40. The van der Waals surface area contributed by atoms with Crippen LogP contribution in [0.15, 0.2) is 24.3 Å². The Morgan fingerprint density at radius 3 is 2.72 bits per heavy atom. The van der Waals surface area contributed by atoms with Crippen molar-refractivity contribution in [2.45, 2.75) is 44.2 Å². The number of fused-ring (bicyclic) bond motifs is 1. The maximum atomic E-state index is 13.1. The summed E-state index contributed by atoms with van der Waals surface area (Å²) in [6.45, 7) is 3.61. The summed E-state index contributed by atoms with van der Waals surface area (Å²) in [4.78, 5) is 17.4. The zero-order valence-corrected chi connectivity index (χ0v) is 14.6. The molecule has 5 heteroatoms. The highest BCUT2D eigenvalue weighted by Gasteiger charge is 2.39. The van der Waals surface area contributed by atoms with Gasteiger partial charge in [0.25, 0.3) is 0 Å². The van der Waals surface area contributed by atoms with Crippen molar-refractivity contribution in [3.05, 3.63) is 29.8 Å². The molecule has 1 amide bonds. The van der Waals surface area contributed by atoms with E-state index in [1.807, 2.05) is 17.0 Å². The molecule has 3 fully saturated rings. The molecular formula is C20H25N3O2. The quantitative estimate of drug-likeness (QED) is 0.831. The fourth-order valence-corrected chi connectivity index (χ4v) is 4.57. The molecule has 1 aromatic carbocycles. The normalized spacial score (nSPS) is 30.6. The molecule has 0 spiro atoms. The smallest absolute Gasteiger partial charge is 0.244 e. The van der Waals surface area contributed by atoms with Gasteiger partial charge in [-0.25, -0.2) is 0 Å². The highest BCUT2D eigenvalue weighted by Crippen LogP contribution is 2.32. The molecule has 3 atom stereocenters. The highest BCUT2D eigenvalue weighted by atomic mass is 16.5. The Kier molecular flexibility index (Phi) is 4.74. The number of carbonyl (C=O) groups excluding carboxylic acids is 1. The van der Waals surface area contributed by atoms with E-state index in [-0.39, 0.29) is 11.9 Å². The van der Waals surface area contributed by atoms with Crippen molar-refractivity contribution < 1.29 is 9.53 Å². The minimum absolute atomic E-state index is 0.00716. The van der Waals surface area contributed by atoms with Gasteiger partial charge in [-0.05, 0) is 62.3 Å². The van der Waals surface area contributed by atoms with E-state index in [1.54, 1.807) is 12.1 Å². The molecule has 0 radical (unpaired) electrons. The van der Waals surface area contributed by atoms with E-state index in [1.165, 1.54) is 6.42 Å². The number of piperidine rings is 2. The number of hydrogen-bond donors (Lipinski definition) is 0. The summed E-state index contributed by atoms with van der Waals surface area (Å²) in [5.74, 6) is 0.798. The first kappa shape index (κ1) is 16.6. The first-order chi connectivity index (χ1) is 12.3. The molecule has 0 bridgehead atoms. The summed E-state index contributed by atoms with van der Waals surface area (Å²) >= 11 is 0. The van der Waals surface area contributed by atoms with E-state index in [9.17, 15) is 4.79 Å². The van der Waals surface area contributed by atoms with Gasteiger partial charge in [0.2, 0.25) is 5.91 Å². The van der Waals surface area contributed by atoms with Crippen LogP contribution in [0.2, 0.25) is 0 Å². The molecule has 0 N–H and O–H groups in total. The second kappa shape index (κ2) is 7.15. The average Bonchev–Trinajstić information content (AvgIpc) is 2.68. The Bertz CT molecular complexity index is 667. The monoisotopic (exact) mass is 339 g/mol. The summed E-state index contributed by atoms with van der Waals surface area (Å²) < 4.78 is 5.91. The van der Waals surface area contributed by atoms with Crippen LogP contribution in [0.1, 0.15) is 37.7 Å². The van der Waals surface area contributed by atoms with Crippen molar-refractivity contribution in [3.8, 4) is 6.07 Å². The maximum Gasteiger partial charge on any atom is 0.244 e. The number of benzene rings is 1. The number of anilines is 1. The van der Waals surface area contributed by atoms with Crippen molar-refractivity contribution in [2.75, 3.05) is 31.1 Å². The molecule has 5 nitrogen and oxygen atoms in total. The van der Waals surface area contributed by atoms with E-state index in [2.05, 4.69) is 11.0 Å². The summed E-state index contributed by atoms with van der Waals surface area (Å²) in [5, 5.41) is 8.95. The van der Waals surface area contributed by atoms with E-state index < -0.39 is 0 Å². The fourth-order valence-electron chi connectivity index (χ4n) is 4.57. The molecule has 132 valence electrons. The van der Waals surface area contributed by atoms with Crippen LogP contribution in [0.3, 0.4) is 0 Å². The van der Waals surface area contributed by atoms with Gasteiger partial charge < -0.3 is 9.64 Å². The van der Waals surface area contributed by atoms with Crippen molar-refractivity contribution in [1.82, 2.24) is 4.90 Å². The number of ether oxygens (including phenoxy) is 1. The highest BCUT2D eigenvalue weighted by molar-refractivity contribution is 5.98. The Labute approximate surface area is 149 Å². The number of nitriles is 1. The largest absolute Gasteiger partial charge is 0.378 e. The van der Waals surface area contributed by atoms with E-state index in [0.29, 0.717) is 17.6 Å². The number of amides is 1. The third-order valence-corrected chi connectivity index (χ3v) is 5.91. The summed E-state index contributed by atoms with van der Waals surface area (Å²) in [7, 11) is 0. The van der Waals surface area contributed by atoms with Gasteiger partial charge >= 0.3 is 0 Å². The van der Waals surface area contributed by atoms with Crippen LogP contribution >= 0.6 is 0 Å². The van der Waals surface area contributed by atoms with Crippen LogP contribution in [0.4, 0.5) is 5.69 Å². The van der Waals surface area contributed by atoms with Gasteiger partial charge in [0, 0.05) is 31.9 Å². The minimum Gasteiger partial charge on any atom is -0.378 e. The molecule has 3 heterocycles. The summed E-state index contributed by atoms with van der Waals surface area (Å²) in [5.41, 5.74) is 1.54. The zero-order chi connectivity index (χ0) is 17.2. The Morgan fingerprint density at radius 2 is 1.92 bits per heavy atom. The van der Waals surface area contributed by atoms with Gasteiger partial charge in [-0.15, -0.1) is 0 Å². The van der Waals surface area contributed by atoms with Gasteiger partial charge in [-0.1, -0.05) is 0 Å². The van der Waals surface area contributed by atoms with Gasteiger partial charge in [0.1, 0.15) is 0 Å². The topological polar surface area (TPSA) is 56.6 Å². The lowest BCUT2D eigenvalue weighted by Crippen LogP contribution is -2.57. The minimum atomic E-state index is -0.00716. The van der Waals surface area contributed by atoms with Crippen LogP contribution in [-0.4, -0.2) is 49.2 Å². The summed E-state index contributed by atoms with van der Waals surface area (Å²) in [6, 6.07) is 9.48. The van der Waals surface area contributed by atoms with Crippen LogP contribution in [-0.2, 0) is 9.53 Å². The SMILES string of the molecule is N#Cc1ccc(N2CCC[C@H](N3CC[C@@H]4OCCC[C@H]4C3)C2=O)cc1. The Hall–Kier alpha value is -1.90. The fraction of sp³-hybridized carbons (Fsp3) is 0.600. The maximum absolute atomic E-state index is 13.1. The zero-order valence-electron chi connectivity index (χ0n) is 14.6. The lowest BCUT2D eigenvalue weighted by Gasteiger charge is -2.45. The van der Waals surface area contributed by atoms with E-state index in [0.717, 1.165) is 57.6 Å². The molecule has 0 aliphatic carbocycles. The molecule has 3 aliphatic rings. The number of nitrogens with zero attached hydrogens (tertiary/aromatic N) is 3. The van der Waals surface area contributed by atoms with Crippen LogP contribution in [0.25, 0.3) is 0 Å². The first-order valence-corrected chi connectivity index (χ1v) is 9.43. The molecule has 0 unspecified atom stereocenters. The number of hydrogen-bond acceptors (Lipinski definition) is 4. The van der Waals surface area contributed by atoms with Gasteiger partial charge in [-0.2, -0.15) is 5.26 Å². The molecule has 0 aromatic heterocycles. The third kappa shape index (κ3) is 3.29. The number of likely N-dealkylation sites (tertiary alicyclic amines) is 1. The van der Waals surface area contributed by atoms with E-state index in [4.69, 9.17) is 10.00 Å². The van der Waals surface area contributed by atoms with Gasteiger partial charge in [-0.3, -0.25) is 9.69 Å². The predicted octanol–water partition coefficient (Wildman–Crippen LogP) is 2.55. The van der Waals surface area contributed by atoms with Crippen molar-refractivity contribution in [1.29, 1.82) is 5.26 Å².